The summed E-state index contributed by atoms with van der Waals surface area (Å²) >= 11 is 6.08. The summed E-state index contributed by atoms with van der Waals surface area (Å²) in [5, 5.41) is 25.8. The number of aromatic hydroxyl groups is 2. The maximum Gasteiger partial charge on any atom is 0.296 e. The van der Waals surface area contributed by atoms with E-state index >= 15 is 0 Å². The highest BCUT2D eigenvalue weighted by Crippen LogP contribution is 2.36. The summed E-state index contributed by atoms with van der Waals surface area (Å²) < 4.78 is 4.40. The van der Waals surface area contributed by atoms with Crippen LogP contribution in [0.25, 0.3) is 0 Å². The fourth-order valence-corrected chi connectivity index (χ4v) is 3.54. The Balaban J connectivity index is 3.14. The highest BCUT2D eigenvalue weighted by atomic mass is 35.5. The number of rotatable bonds is 13. The zero-order chi connectivity index (χ0) is 21.9. The monoisotopic (exact) mass is 428 g/mol. The minimum absolute atomic E-state index is 0.0351. The molecular weight excluding hydrogens is 400 g/mol. The van der Waals surface area contributed by atoms with Gasteiger partial charge in [0.2, 0.25) is 0 Å². The van der Waals surface area contributed by atoms with Gasteiger partial charge >= 0.3 is 0 Å². The smallest absolute Gasteiger partial charge is 0.296 e. The largest absolute Gasteiger partial charge is 0.504 e. The van der Waals surface area contributed by atoms with Crippen molar-refractivity contribution in [1.82, 2.24) is 5.32 Å². The summed E-state index contributed by atoms with van der Waals surface area (Å²) in [5.41, 5.74) is -0.177. The second-order valence-electron chi connectivity index (χ2n) is 6.78. The summed E-state index contributed by atoms with van der Waals surface area (Å²) in [4.78, 5) is 28.0. The number of hydrogen-bond donors (Lipinski definition) is 3. The first-order chi connectivity index (χ1) is 13.9. The van der Waals surface area contributed by atoms with Gasteiger partial charge in [0.25, 0.3) is 19.2 Å². The molecular formula is C20H29ClN2O6. The van der Waals surface area contributed by atoms with E-state index in [-0.39, 0.29) is 28.2 Å². The van der Waals surface area contributed by atoms with Crippen molar-refractivity contribution in [1.29, 1.82) is 0 Å². The Kier molecular flexibility index (Phi) is 10.3. The molecule has 0 aliphatic rings. The topological polar surface area (TPSA) is 117 Å². The number of oxime groups is 1. The third kappa shape index (κ3) is 6.81. The number of hydrogen-bond acceptors (Lipinski definition) is 7. The number of nitrogens with one attached hydrogen (secondary N) is 1. The van der Waals surface area contributed by atoms with Gasteiger partial charge in [-0.15, -0.1) is 0 Å². The third-order valence-electron chi connectivity index (χ3n) is 4.84. The van der Waals surface area contributed by atoms with Gasteiger partial charge in [0.15, 0.2) is 17.2 Å². The predicted molar refractivity (Wildman–Crippen MR) is 110 cm³/mol. The first-order valence-electron chi connectivity index (χ1n) is 9.60. The lowest BCUT2D eigenvalue weighted by Crippen LogP contribution is -2.41. The van der Waals surface area contributed by atoms with Gasteiger partial charge in [-0.2, -0.15) is 0 Å². The Morgan fingerprint density at radius 2 is 1.90 bits per heavy atom. The number of amides is 1. The fourth-order valence-electron chi connectivity index (χ4n) is 3.29. The molecule has 0 radical (unpaired) electrons. The van der Waals surface area contributed by atoms with Gasteiger partial charge in [0, 0.05) is 12.1 Å². The zero-order valence-electron chi connectivity index (χ0n) is 17.0. The van der Waals surface area contributed by atoms with Crippen LogP contribution in [-0.2, 0) is 19.2 Å². The SMILES string of the molecule is CCCC(CC)(CCC)CNC(=O)/C(=N\OCOC=O)c1ccc(O)c(O)c1Cl. The van der Waals surface area contributed by atoms with Crippen LogP contribution in [0, 0.1) is 5.41 Å². The van der Waals surface area contributed by atoms with Crippen LogP contribution in [0.15, 0.2) is 17.3 Å². The Morgan fingerprint density at radius 1 is 1.24 bits per heavy atom. The second-order valence-corrected chi connectivity index (χ2v) is 7.16. The van der Waals surface area contributed by atoms with Gasteiger partial charge in [0.1, 0.15) is 0 Å². The van der Waals surface area contributed by atoms with Crippen molar-refractivity contribution in [2.45, 2.75) is 52.9 Å². The molecule has 0 heterocycles. The zero-order valence-corrected chi connectivity index (χ0v) is 17.8. The van der Waals surface area contributed by atoms with Gasteiger partial charge in [-0.3, -0.25) is 9.59 Å². The normalized spacial score (nSPS) is 11.8. The molecule has 162 valence electrons. The van der Waals surface area contributed by atoms with Crippen molar-refractivity contribution in [3.8, 4) is 11.5 Å². The van der Waals surface area contributed by atoms with Gasteiger partial charge in [0.05, 0.1) is 5.02 Å². The van der Waals surface area contributed by atoms with Gasteiger partial charge < -0.3 is 25.1 Å². The summed E-state index contributed by atoms with van der Waals surface area (Å²) in [6, 6.07) is 2.52. The van der Waals surface area contributed by atoms with Crippen LogP contribution in [0.1, 0.15) is 58.4 Å². The first-order valence-corrected chi connectivity index (χ1v) is 9.97. The maximum atomic E-state index is 12.9. The summed E-state index contributed by atoms with van der Waals surface area (Å²) in [5.74, 6) is -1.57. The van der Waals surface area contributed by atoms with Crippen LogP contribution < -0.4 is 5.32 Å². The standard InChI is InChI=1S/C20H29ClN2O6/c1-4-9-20(6-3,10-5-2)11-22-19(27)17(23-29-13-28-12-24)14-7-8-15(25)18(26)16(14)21/h7-8,12,25-26H,4-6,9-11,13H2,1-3H3,(H,22,27)/b23-17-. The molecule has 0 unspecified atom stereocenters. The van der Waals surface area contributed by atoms with Crippen molar-refractivity contribution in [2.24, 2.45) is 10.6 Å². The quantitative estimate of drug-likeness (QED) is 0.110. The molecule has 9 heteroatoms. The number of phenolic OH excluding ortho intramolecular Hbond substituents is 2. The van der Waals surface area contributed by atoms with E-state index in [1.165, 1.54) is 12.1 Å². The van der Waals surface area contributed by atoms with Gasteiger partial charge in [-0.1, -0.05) is 50.4 Å². The lowest BCUT2D eigenvalue weighted by Gasteiger charge is -2.32. The van der Waals surface area contributed by atoms with Crippen LogP contribution in [0.3, 0.4) is 0 Å². The molecule has 8 nitrogen and oxygen atoms in total. The highest BCUT2D eigenvalue weighted by molar-refractivity contribution is 6.49. The molecule has 0 bridgehead atoms. The average Bonchev–Trinajstić information content (AvgIpc) is 2.71. The van der Waals surface area contributed by atoms with E-state index in [0.717, 1.165) is 32.1 Å². The molecule has 0 aromatic heterocycles. The van der Waals surface area contributed by atoms with Crippen molar-refractivity contribution >= 4 is 29.7 Å². The summed E-state index contributed by atoms with van der Waals surface area (Å²) in [7, 11) is 0. The van der Waals surface area contributed by atoms with E-state index in [1.807, 2.05) is 0 Å². The summed E-state index contributed by atoms with van der Waals surface area (Å²) in [6.07, 6.45) is 4.83. The lowest BCUT2D eigenvalue weighted by atomic mass is 9.77. The van der Waals surface area contributed by atoms with Crippen molar-refractivity contribution in [3.05, 3.63) is 22.7 Å². The van der Waals surface area contributed by atoms with Crippen molar-refractivity contribution < 1.29 is 29.4 Å². The molecule has 0 atom stereocenters. The number of phenols is 2. The third-order valence-corrected chi connectivity index (χ3v) is 5.23. The van der Waals surface area contributed by atoms with E-state index in [4.69, 9.17) is 16.4 Å². The van der Waals surface area contributed by atoms with E-state index in [1.54, 1.807) is 0 Å². The van der Waals surface area contributed by atoms with Crippen molar-refractivity contribution in [3.63, 3.8) is 0 Å². The molecule has 0 aliphatic heterocycles. The lowest BCUT2D eigenvalue weighted by molar-refractivity contribution is -0.140. The van der Waals surface area contributed by atoms with E-state index in [0.29, 0.717) is 6.54 Å². The Hall–Kier alpha value is -2.48. The van der Waals surface area contributed by atoms with Gasteiger partial charge in [-0.25, -0.2) is 0 Å². The van der Waals surface area contributed by atoms with E-state index < -0.39 is 24.2 Å². The number of carbonyl (C=O) groups is 2. The molecule has 1 aromatic carbocycles. The molecule has 1 aromatic rings. The first kappa shape index (κ1) is 24.6. The van der Waals surface area contributed by atoms with E-state index in [9.17, 15) is 19.8 Å². The Bertz CT molecular complexity index is 717. The molecule has 3 N–H and O–H groups in total. The molecule has 0 fully saturated rings. The average molecular weight is 429 g/mol. The number of nitrogens with zero attached hydrogens (tertiary/aromatic N) is 1. The molecule has 0 saturated carbocycles. The van der Waals surface area contributed by atoms with Crippen LogP contribution >= 0.6 is 11.6 Å². The summed E-state index contributed by atoms with van der Waals surface area (Å²) in [6.45, 7) is 6.44. The highest BCUT2D eigenvalue weighted by Gasteiger charge is 2.29. The molecule has 0 aliphatic carbocycles. The van der Waals surface area contributed by atoms with Crippen LogP contribution in [0.4, 0.5) is 0 Å². The molecule has 0 saturated heterocycles. The van der Waals surface area contributed by atoms with Crippen LogP contribution in [0.5, 0.6) is 11.5 Å². The number of carbonyl (C=O) groups excluding carboxylic acids is 2. The Labute approximate surface area is 175 Å². The van der Waals surface area contributed by atoms with Crippen LogP contribution in [0.2, 0.25) is 5.02 Å². The number of benzene rings is 1. The van der Waals surface area contributed by atoms with Gasteiger partial charge in [-0.05, 0) is 36.8 Å². The molecule has 1 amide bonds. The predicted octanol–water partition coefficient (Wildman–Crippen LogP) is 3.72. The second kappa shape index (κ2) is 12.2. The maximum absolute atomic E-state index is 12.9. The molecule has 1 rings (SSSR count). The minimum atomic E-state index is -0.575. The fraction of sp³-hybridized carbons (Fsp3) is 0.550. The Morgan fingerprint density at radius 3 is 2.45 bits per heavy atom. The number of ether oxygens (including phenoxy) is 1. The van der Waals surface area contributed by atoms with Crippen molar-refractivity contribution in [2.75, 3.05) is 13.3 Å². The van der Waals surface area contributed by atoms with Crippen LogP contribution in [-0.4, -0.2) is 41.6 Å². The van der Waals surface area contributed by atoms with E-state index in [2.05, 4.69) is 36.0 Å². The minimum Gasteiger partial charge on any atom is -0.504 e. The molecule has 0 spiro atoms. The molecule has 29 heavy (non-hydrogen) atoms. The number of halogens is 1.